The summed E-state index contributed by atoms with van der Waals surface area (Å²) in [6.07, 6.45) is 7.06. The molecule has 0 amide bonds. The van der Waals surface area contributed by atoms with E-state index in [9.17, 15) is 5.11 Å². The van der Waals surface area contributed by atoms with Crippen molar-refractivity contribution >= 4 is 0 Å². The zero-order valence-corrected chi connectivity index (χ0v) is 7.77. The van der Waals surface area contributed by atoms with E-state index in [2.05, 4.69) is 6.92 Å². The lowest BCUT2D eigenvalue weighted by atomic mass is 9.95. The van der Waals surface area contributed by atoms with Crippen LogP contribution in [-0.2, 0) is 0 Å². The maximum Gasteiger partial charge on any atom is 0.0619 e. The average Bonchev–Trinajstić information content (AvgIpc) is 2.10. The van der Waals surface area contributed by atoms with Gasteiger partial charge in [-0.05, 0) is 32.1 Å². The van der Waals surface area contributed by atoms with Crippen molar-refractivity contribution in [3.8, 4) is 0 Å². The fourth-order valence-corrected chi connectivity index (χ4v) is 1.96. The van der Waals surface area contributed by atoms with Crippen LogP contribution in [0.2, 0.25) is 0 Å². The Kier molecular flexibility index (Phi) is 2.94. The predicted octanol–water partition coefficient (Wildman–Crippen LogP) is 2.73. The summed E-state index contributed by atoms with van der Waals surface area (Å²) in [6.45, 7) is 4.23. The van der Waals surface area contributed by atoms with E-state index in [0.717, 1.165) is 18.8 Å². The average molecular weight is 156 g/mol. The van der Waals surface area contributed by atoms with E-state index in [-0.39, 0.29) is 5.60 Å². The predicted molar refractivity (Wildman–Crippen MR) is 47.5 cm³/mol. The van der Waals surface area contributed by atoms with Gasteiger partial charge in [0.1, 0.15) is 0 Å². The molecule has 66 valence electrons. The normalized spacial score (nSPS) is 40.1. The van der Waals surface area contributed by atoms with Gasteiger partial charge in [0.15, 0.2) is 0 Å². The van der Waals surface area contributed by atoms with Crippen LogP contribution in [0.1, 0.15) is 52.4 Å². The van der Waals surface area contributed by atoms with Gasteiger partial charge in [-0.3, -0.25) is 0 Å². The van der Waals surface area contributed by atoms with Gasteiger partial charge in [-0.1, -0.05) is 26.2 Å². The van der Waals surface area contributed by atoms with Gasteiger partial charge in [-0.25, -0.2) is 0 Å². The van der Waals surface area contributed by atoms with Gasteiger partial charge in [0.2, 0.25) is 0 Å². The molecular weight excluding hydrogens is 136 g/mol. The van der Waals surface area contributed by atoms with Crippen LogP contribution in [0.15, 0.2) is 0 Å². The molecule has 1 nitrogen and oxygen atoms in total. The monoisotopic (exact) mass is 156 g/mol. The Labute approximate surface area is 69.8 Å². The molecule has 1 heteroatoms. The van der Waals surface area contributed by atoms with Crippen LogP contribution in [0.4, 0.5) is 0 Å². The molecular formula is C10H20O. The highest BCUT2D eigenvalue weighted by Crippen LogP contribution is 2.31. The number of rotatable bonds is 1. The van der Waals surface area contributed by atoms with Crippen molar-refractivity contribution in [2.75, 3.05) is 0 Å². The second kappa shape index (κ2) is 3.57. The van der Waals surface area contributed by atoms with Crippen molar-refractivity contribution in [3.05, 3.63) is 0 Å². The topological polar surface area (TPSA) is 20.2 Å². The summed E-state index contributed by atoms with van der Waals surface area (Å²) >= 11 is 0. The fraction of sp³-hybridized carbons (Fsp3) is 1.00. The van der Waals surface area contributed by atoms with Gasteiger partial charge in [0, 0.05) is 0 Å². The van der Waals surface area contributed by atoms with E-state index in [1.807, 2.05) is 6.92 Å². The van der Waals surface area contributed by atoms with Gasteiger partial charge >= 0.3 is 0 Å². The summed E-state index contributed by atoms with van der Waals surface area (Å²) in [5.41, 5.74) is -0.357. The van der Waals surface area contributed by atoms with Gasteiger partial charge in [0.05, 0.1) is 5.60 Å². The molecule has 0 aliphatic heterocycles. The van der Waals surface area contributed by atoms with E-state index in [1.165, 1.54) is 25.7 Å². The molecule has 0 saturated heterocycles. The fourth-order valence-electron chi connectivity index (χ4n) is 1.96. The molecule has 1 aliphatic rings. The van der Waals surface area contributed by atoms with E-state index in [1.54, 1.807) is 0 Å². The quantitative estimate of drug-likeness (QED) is 0.579. The minimum absolute atomic E-state index is 0.357. The van der Waals surface area contributed by atoms with Crippen LogP contribution in [0.3, 0.4) is 0 Å². The molecule has 0 bridgehead atoms. The first-order chi connectivity index (χ1) is 5.14. The molecule has 0 radical (unpaired) electrons. The molecule has 1 aliphatic carbocycles. The Morgan fingerprint density at radius 1 is 1.36 bits per heavy atom. The zero-order chi connectivity index (χ0) is 8.32. The Morgan fingerprint density at radius 3 is 2.73 bits per heavy atom. The molecule has 0 aromatic rings. The molecule has 1 N–H and O–H groups in total. The maximum atomic E-state index is 9.77. The lowest BCUT2D eigenvalue weighted by Crippen LogP contribution is -2.22. The number of hydrogen-bond acceptors (Lipinski definition) is 1. The van der Waals surface area contributed by atoms with Crippen LogP contribution in [0.5, 0.6) is 0 Å². The summed E-state index contributed by atoms with van der Waals surface area (Å²) in [5, 5.41) is 9.77. The third-order valence-corrected chi connectivity index (χ3v) is 3.00. The van der Waals surface area contributed by atoms with Gasteiger partial charge in [-0.15, -0.1) is 0 Å². The lowest BCUT2D eigenvalue weighted by molar-refractivity contribution is 0.0432. The van der Waals surface area contributed by atoms with Crippen LogP contribution in [0, 0.1) is 5.92 Å². The molecule has 2 unspecified atom stereocenters. The molecule has 2 atom stereocenters. The first-order valence-electron chi connectivity index (χ1n) is 4.86. The van der Waals surface area contributed by atoms with E-state index in [4.69, 9.17) is 0 Å². The first-order valence-corrected chi connectivity index (χ1v) is 4.86. The lowest BCUT2D eigenvalue weighted by Gasteiger charge is -2.20. The highest BCUT2D eigenvalue weighted by atomic mass is 16.3. The zero-order valence-electron chi connectivity index (χ0n) is 7.77. The summed E-state index contributed by atoms with van der Waals surface area (Å²) in [6, 6.07) is 0. The third-order valence-electron chi connectivity index (χ3n) is 3.00. The van der Waals surface area contributed by atoms with E-state index >= 15 is 0 Å². The first kappa shape index (κ1) is 9.05. The SMILES string of the molecule is CCC1CCCC(C)(O)CC1. The Balaban J connectivity index is 2.39. The number of aliphatic hydroxyl groups is 1. The Hall–Kier alpha value is -0.0400. The van der Waals surface area contributed by atoms with Crippen LogP contribution in [-0.4, -0.2) is 10.7 Å². The standard InChI is InChI=1S/C10H20O/c1-3-9-5-4-7-10(2,11)8-6-9/h9,11H,3-8H2,1-2H3. The minimum Gasteiger partial charge on any atom is -0.390 e. The molecule has 0 heterocycles. The summed E-state index contributed by atoms with van der Waals surface area (Å²) < 4.78 is 0. The van der Waals surface area contributed by atoms with Crippen molar-refractivity contribution in [2.24, 2.45) is 5.92 Å². The molecule has 1 saturated carbocycles. The van der Waals surface area contributed by atoms with E-state index < -0.39 is 0 Å². The van der Waals surface area contributed by atoms with Crippen molar-refractivity contribution < 1.29 is 5.11 Å². The van der Waals surface area contributed by atoms with Crippen LogP contribution in [0.25, 0.3) is 0 Å². The van der Waals surface area contributed by atoms with Crippen molar-refractivity contribution in [2.45, 2.75) is 58.0 Å². The van der Waals surface area contributed by atoms with Crippen molar-refractivity contribution in [1.82, 2.24) is 0 Å². The third kappa shape index (κ3) is 2.82. The summed E-state index contributed by atoms with van der Waals surface area (Å²) in [7, 11) is 0. The van der Waals surface area contributed by atoms with Crippen molar-refractivity contribution in [1.29, 1.82) is 0 Å². The molecule has 0 aromatic heterocycles. The van der Waals surface area contributed by atoms with Gasteiger partial charge in [0.25, 0.3) is 0 Å². The highest BCUT2D eigenvalue weighted by Gasteiger charge is 2.24. The summed E-state index contributed by atoms with van der Waals surface area (Å²) in [4.78, 5) is 0. The summed E-state index contributed by atoms with van der Waals surface area (Å²) in [5.74, 6) is 0.879. The smallest absolute Gasteiger partial charge is 0.0619 e. The molecule has 1 rings (SSSR count). The highest BCUT2D eigenvalue weighted by molar-refractivity contribution is 4.78. The van der Waals surface area contributed by atoms with Crippen LogP contribution < -0.4 is 0 Å². The minimum atomic E-state index is -0.357. The van der Waals surface area contributed by atoms with Gasteiger partial charge < -0.3 is 5.11 Å². The molecule has 1 fully saturated rings. The Morgan fingerprint density at radius 2 is 2.09 bits per heavy atom. The molecule has 0 spiro atoms. The number of hydrogen-bond donors (Lipinski definition) is 1. The Bertz CT molecular complexity index is 118. The largest absolute Gasteiger partial charge is 0.390 e. The van der Waals surface area contributed by atoms with Crippen molar-refractivity contribution in [3.63, 3.8) is 0 Å². The molecule has 11 heavy (non-hydrogen) atoms. The van der Waals surface area contributed by atoms with Crippen LogP contribution >= 0.6 is 0 Å². The second-order valence-corrected chi connectivity index (χ2v) is 4.20. The second-order valence-electron chi connectivity index (χ2n) is 4.20. The van der Waals surface area contributed by atoms with E-state index in [0.29, 0.717) is 0 Å². The molecule has 0 aromatic carbocycles. The maximum absolute atomic E-state index is 9.77. The van der Waals surface area contributed by atoms with Gasteiger partial charge in [-0.2, -0.15) is 0 Å².